The second-order valence-corrected chi connectivity index (χ2v) is 9.04. The highest BCUT2D eigenvalue weighted by molar-refractivity contribution is 9.10. The molecule has 1 fully saturated rings. The van der Waals surface area contributed by atoms with E-state index in [1.165, 1.54) is 37.0 Å². The van der Waals surface area contributed by atoms with Crippen molar-refractivity contribution in [3.63, 3.8) is 0 Å². The summed E-state index contributed by atoms with van der Waals surface area (Å²) in [5.74, 6) is 1.04. The van der Waals surface area contributed by atoms with Gasteiger partial charge in [0.1, 0.15) is 5.75 Å². The molecule has 2 aromatic rings. The van der Waals surface area contributed by atoms with Crippen molar-refractivity contribution in [3.8, 4) is 5.75 Å². The van der Waals surface area contributed by atoms with Gasteiger partial charge >= 0.3 is 6.18 Å². The molecule has 2 aromatic carbocycles. The van der Waals surface area contributed by atoms with E-state index in [4.69, 9.17) is 4.74 Å². The number of piperidine rings is 1. The molecule has 30 heavy (non-hydrogen) atoms. The summed E-state index contributed by atoms with van der Waals surface area (Å²) in [5.41, 5.74) is 0.595. The van der Waals surface area contributed by atoms with Gasteiger partial charge in [-0.25, -0.2) is 0 Å². The van der Waals surface area contributed by atoms with Crippen LogP contribution in [0.25, 0.3) is 0 Å². The molecule has 0 amide bonds. The molecule has 0 spiro atoms. The van der Waals surface area contributed by atoms with Crippen molar-refractivity contribution in [2.24, 2.45) is 5.92 Å². The van der Waals surface area contributed by atoms with E-state index in [2.05, 4.69) is 39.9 Å². The Morgan fingerprint density at radius 3 is 2.20 bits per heavy atom. The zero-order valence-electron chi connectivity index (χ0n) is 17.3. The van der Waals surface area contributed by atoms with Crippen LogP contribution in [-0.2, 0) is 6.18 Å². The van der Waals surface area contributed by atoms with Crippen molar-refractivity contribution in [1.82, 2.24) is 4.90 Å². The van der Waals surface area contributed by atoms with E-state index in [1.807, 2.05) is 12.1 Å². The molecule has 2 nitrogen and oxygen atoms in total. The van der Waals surface area contributed by atoms with Gasteiger partial charge in [-0.1, -0.05) is 41.4 Å². The molecule has 0 N–H and O–H groups in total. The Bertz CT molecular complexity index is 771. The smallest absolute Gasteiger partial charge is 0.416 e. The van der Waals surface area contributed by atoms with Crippen LogP contribution in [0.5, 0.6) is 5.75 Å². The predicted molar refractivity (Wildman–Crippen MR) is 118 cm³/mol. The second-order valence-electron chi connectivity index (χ2n) is 8.12. The van der Waals surface area contributed by atoms with Crippen molar-refractivity contribution in [1.29, 1.82) is 0 Å². The third kappa shape index (κ3) is 6.74. The van der Waals surface area contributed by atoms with Gasteiger partial charge in [-0.15, -0.1) is 0 Å². The fourth-order valence-corrected chi connectivity index (χ4v) is 4.26. The fraction of sp³-hybridized carbons (Fsp3) is 0.500. The molecule has 0 bridgehead atoms. The average Bonchev–Trinajstić information content (AvgIpc) is 2.74. The summed E-state index contributed by atoms with van der Waals surface area (Å²) in [4.78, 5) is 2.52. The quantitative estimate of drug-likeness (QED) is 0.395. The van der Waals surface area contributed by atoms with Gasteiger partial charge in [0.2, 0.25) is 0 Å². The predicted octanol–water partition coefficient (Wildman–Crippen LogP) is 7.14. The molecule has 164 valence electrons. The van der Waals surface area contributed by atoms with Crippen molar-refractivity contribution in [2.45, 2.75) is 44.7 Å². The molecule has 3 rings (SSSR count). The summed E-state index contributed by atoms with van der Waals surface area (Å²) in [5, 5.41) is 0. The molecule has 1 aliphatic rings. The van der Waals surface area contributed by atoms with Crippen molar-refractivity contribution >= 4 is 15.9 Å². The Labute approximate surface area is 185 Å². The van der Waals surface area contributed by atoms with Gasteiger partial charge in [-0.3, -0.25) is 0 Å². The largest absolute Gasteiger partial charge is 0.493 e. The SMILES string of the molecule is CC(c1ccc(Br)cc1)C(CCN1CCCCC1)COc1ccc(C(F)(F)F)cc1. The lowest BCUT2D eigenvalue weighted by Gasteiger charge is -2.30. The Hall–Kier alpha value is -1.53. The maximum absolute atomic E-state index is 12.8. The van der Waals surface area contributed by atoms with Gasteiger partial charge in [-0.2, -0.15) is 13.2 Å². The fourth-order valence-electron chi connectivity index (χ4n) is 3.99. The first kappa shape index (κ1) is 23.1. The summed E-state index contributed by atoms with van der Waals surface area (Å²) in [6.07, 6.45) is 0.500. The monoisotopic (exact) mass is 483 g/mol. The lowest BCUT2D eigenvalue weighted by molar-refractivity contribution is -0.137. The first-order valence-corrected chi connectivity index (χ1v) is 11.4. The molecule has 0 aromatic heterocycles. The lowest BCUT2D eigenvalue weighted by Crippen LogP contribution is -2.33. The molecule has 1 saturated heterocycles. The van der Waals surface area contributed by atoms with Crippen LogP contribution >= 0.6 is 15.9 Å². The van der Waals surface area contributed by atoms with Crippen molar-refractivity contribution in [2.75, 3.05) is 26.2 Å². The van der Waals surface area contributed by atoms with E-state index in [9.17, 15) is 13.2 Å². The van der Waals surface area contributed by atoms with Crippen LogP contribution in [0.2, 0.25) is 0 Å². The number of rotatable bonds is 8. The molecule has 6 heteroatoms. The van der Waals surface area contributed by atoms with Gasteiger partial charge in [0.05, 0.1) is 12.2 Å². The number of halogens is 4. The Morgan fingerprint density at radius 2 is 1.60 bits per heavy atom. The summed E-state index contributed by atoms with van der Waals surface area (Å²) in [7, 11) is 0. The minimum absolute atomic E-state index is 0.274. The highest BCUT2D eigenvalue weighted by Gasteiger charge is 2.30. The van der Waals surface area contributed by atoms with Crippen molar-refractivity contribution < 1.29 is 17.9 Å². The van der Waals surface area contributed by atoms with E-state index in [1.54, 1.807) is 0 Å². The highest BCUT2D eigenvalue weighted by Crippen LogP contribution is 2.32. The summed E-state index contributed by atoms with van der Waals surface area (Å²) >= 11 is 3.48. The van der Waals surface area contributed by atoms with E-state index in [-0.39, 0.29) is 11.8 Å². The second kappa shape index (κ2) is 10.7. The third-order valence-electron chi connectivity index (χ3n) is 6.01. The summed E-state index contributed by atoms with van der Waals surface area (Å²) < 4.78 is 45.3. The minimum Gasteiger partial charge on any atom is -0.493 e. The lowest BCUT2D eigenvalue weighted by atomic mass is 9.85. The highest BCUT2D eigenvalue weighted by atomic mass is 79.9. The molecular formula is C24H29BrF3NO. The Morgan fingerprint density at radius 1 is 0.967 bits per heavy atom. The Kier molecular flexibility index (Phi) is 8.23. The van der Waals surface area contributed by atoms with E-state index in [0.29, 0.717) is 12.4 Å². The van der Waals surface area contributed by atoms with Gasteiger partial charge in [0, 0.05) is 10.4 Å². The molecule has 1 aliphatic heterocycles. The zero-order valence-corrected chi connectivity index (χ0v) is 18.9. The maximum atomic E-state index is 12.8. The van der Waals surface area contributed by atoms with Gasteiger partial charge in [0.25, 0.3) is 0 Å². The van der Waals surface area contributed by atoms with Crippen LogP contribution in [0.1, 0.15) is 49.7 Å². The summed E-state index contributed by atoms with van der Waals surface area (Å²) in [6, 6.07) is 13.3. The number of benzene rings is 2. The standard InChI is InChI=1S/C24H29BrF3NO/c1-18(19-5-9-22(25)10-6-19)20(13-16-29-14-3-2-4-15-29)17-30-23-11-7-21(8-12-23)24(26,27)28/h5-12,18,20H,2-4,13-17H2,1H3. The first-order chi connectivity index (χ1) is 14.3. The number of nitrogens with zero attached hydrogens (tertiary/aromatic N) is 1. The normalized spacial score (nSPS) is 17.5. The average molecular weight is 484 g/mol. The molecule has 1 heterocycles. The number of hydrogen-bond acceptors (Lipinski definition) is 2. The number of likely N-dealkylation sites (tertiary alicyclic amines) is 1. The van der Waals surface area contributed by atoms with E-state index < -0.39 is 11.7 Å². The minimum atomic E-state index is -4.33. The van der Waals surface area contributed by atoms with E-state index >= 15 is 0 Å². The molecule has 0 aliphatic carbocycles. The van der Waals surface area contributed by atoms with Crippen LogP contribution in [0.15, 0.2) is 53.0 Å². The Balaban J connectivity index is 1.65. The van der Waals surface area contributed by atoms with Crippen LogP contribution < -0.4 is 4.74 Å². The number of hydrogen-bond donors (Lipinski definition) is 0. The van der Waals surface area contributed by atoms with E-state index in [0.717, 1.165) is 42.7 Å². The molecule has 0 radical (unpaired) electrons. The van der Waals surface area contributed by atoms with Gasteiger partial charge < -0.3 is 9.64 Å². The number of alkyl halides is 3. The summed E-state index contributed by atoms with van der Waals surface area (Å²) in [6.45, 7) is 6.02. The van der Waals surface area contributed by atoms with Crippen LogP contribution in [-0.4, -0.2) is 31.1 Å². The van der Waals surface area contributed by atoms with Crippen molar-refractivity contribution in [3.05, 3.63) is 64.1 Å². The van der Waals surface area contributed by atoms with Gasteiger partial charge in [0.15, 0.2) is 0 Å². The van der Waals surface area contributed by atoms with Crippen LogP contribution in [0, 0.1) is 5.92 Å². The third-order valence-corrected chi connectivity index (χ3v) is 6.54. The maximum Gasteiger partial charge on any atom is 0.416 e. The topological polar surface area (TPSA) is 12.5 Å². The molecule has 2 unspecified atom stereocenters. The molecule has 2 atom stereocenters. The molecule has 0 saturated carbocycles. The zero-order chi connectivity index (χ0) is 21.6. The van der Waals surface area contributed by atoms with Crippen LogP contribution in [0.3, 0.4) is 0 Å². The first-order valence-electron chi connectivity index (χ1n) is 10.6. The van der Waals surface area contributed by atoms with Crippen LogP contribution in [0.4, 0.5) is 13.2 Å². The van der Waals surface area contributed by atoms with Gasteiger partial charge in [-0.05, 0) is 86.8 Å². The number of ether oxygens (including phenoxy) is 1. The molecular weight excluding hydrogens is 455 g/mol.